The van der Waals surface area contributed by atoms with Crippen LogP contribution in [-0.4, -0.2) is 51.8 Å². The van der Waals surface area contributed by atoms with Crippen molar-refractivity contribution in [3.05, 3.63) is 40.1 Å². The van der Waals surface area contributed by atoms with Gasteiger partial charge in [0, 0.05) is 43.4 Å². The molecule has 0 bridgehead atoms. The molecule has 0 unspecified atom stereocenters. The van der Waals surface area contributed by atoms with Gasteiger partial charge in [-0.3, -0.25) is 9.48 Å². The number of halogens is 1. The number of hydrogen-bond donors (Lipinski definition) is 0. The molecule has 0 atom stereocenters. The number of aromatic nitrogens is 3. The van der Waals surface area contributed by atoms with Gasteiger partial charge in [0.2, 0.25) is 0 Å². The Kier molecular flexibility index (Phi) is 4.24. The van der Waals surface area contributed by atoms with Gasteiger partial charge in [0.1, 0.15) is 0 Å². The quantitative estimate of drug-likeness (QED) is 0.640. The number of anilines is 1. The summed E-state index contributed by atoms with van der Waals surface area (Å²) in [5.74, 6) is 0.0107. The summed E-state index contributed by atoms with van der Waals surface area (Å²) in [6, 6.07) is 7.99. The van der Waals surface area contributed by atoms with Crippen LogP contribution in [0.3, 0.4) is 0 Å². The summed E-state index contributed by atoms with van der Waals surface area (Å²) < 4.78 is 3.98. The van der Waals surface area contributed by atoms with Crippen molar-refractivity contribution in [2.45, 2.75) is 6.92 Å². The summed E-state index contributed by atoms with van der Waals surface area (Å²) in [7, 11) is 1.86. The van der Waals surface area contributed by atoms with Crippen molar-refractivity contribution in [3.63, 3.8) is 0 Å². The molecule has 8 heteroatoms. The number of benzene rings is 1. The zero-order valence-electron chi connectivity index (χ0n) is 14.1. The number of carbonyl (C=O) groups excluding carboxylic acids is 1. The molecule has 0 N–H and O–H groups in total. The topological polar surface area (TPSA) is 54.3 Å². The zero-order chi connectivity index (χ0) is 17.6. The van der Waals surface area contributed by atoms with Gasteiger partial charge in [0.15, 0.2) is 10.8 Å². The van der Waals surface area contributed by atoms with Gasteiger partial charge in [0.05, 0.1) is 10.2 Å². The molecular formula is C17H18BrN5OS. The largest absolute Gasteiger partial charge is 0.345 e. The second-order valence-corrected chi connectivity index (χ2v) is 8.11. The number of rotatable bonds is 2. The molecule has 1 saturated heterocycles. The van der Waals surface area contributed by atoms with E-state index in [0.29, 0.717) is 18.8 Å². The molecule has 1 aliphatic rings. The molecule has 1 aromatic carbocycles. The van der Waals surface area contributed by atoms with Gasteiger partial charge in [-0.1, -0.05) is 27.3 Å². The van der Waals surface area contributed by atoms with E-state index in [1.54, 1.807) is 16.0 Å². The molecule has 3 heterocycles. The first kappa shape index (κ1) is 16.5. The minimum absolute atomic E-state index is 0.0107. The highest BCUT2D eigenvalue weighted by Crippen LogP contribution is 2.31. The van der Waals surface area contributed by atoms with E-state index in [2.05, 4.69) is 32.0 Å². The zero-order valence-corrected chi connectivity index (χ0v) is 16.5. The van der Waals surface area contributed by atoms with E-state index in [1.807, 2.05) is 37.1 Å². The van der Waals surface area contributed by atoms with Crippen LogP contribution in [-0.2, 0) is 7.05 Å². The van der Waals surface area contributed by atoms with Crippen LogP contribution in [0, 0.1) is 6.92 Å². The van der Waals surface area contributed by atoms with Gasteiger partial charge in [-0.2, -0.15) is 5.10 Å². The van der Waals surface area contributed by atoms with E-state index in [-0.39, 0.29) is 5.91 Å². The lowest BCUT2D eigenvalue weighted by Gasteiger charge is -2.34. The molecule has 1 amide bonds. The molecule has 3 aromatic rings. The van der Waals surface area contributed by atoms with Gasteiger partial charge >= 0.3 is 0 Å². The SMILES string of the molecule is Cc1cc(C(=O)N2CCN(c3nc4ccc(Br)cc4s3)CC2)nn1C. The maximum Gasteiger partial charge on any atom is 0.274 e. The van der Waals surface area contributed by atoms with Crippen molar-refractivity contribution in [2.75, 3.05) is 31.1 Å². The highest BCUT2D eigenvalue weighted by Gasteiger charge is 2.25. The number of fused-ring (bicyclic) bond motifs is 1. The molecular weight excluding hydrogens is 402 g/mol. The van der Waals surface area contributed by atoms with E-state index in [1.165, 1.54) is 4.70 Å². The molecule has 1 aliphatic heterocycles. The van der Waals surface area contributed by atoms with Crippen molar-refractivity contribution in [3.8, 4) is 0 Å². The van der Waals surface area contributed by atoms with E-state index in [9.17, 15) is 4.79 Å². The second kappa shape index (κ2) is 6.42. The van der Waals surface area contributed by atoms with Gasteiger partial charge in [0.25, 0.3) is 5.91 Å². The first-order valence-electron chi connectivity index (χ1n) is 8.12. The summed E-state index contributed by atoms with van der Waals surface area (Å²) >= 11 is 5.20. The molecule has 130 valence electrons. The lowest BCUT2D eigenvalue weighted by Crippen LogP contribution is -2.48. The number of nitrogens with zero attached hydrogens (tertiary/aromatic N) is 5. The third kappa shape index (κ3) is 3.16. The summed E-state index contributed by atoms with van der Waals surface area (Å²) in [5, 5.41) is 5.32. The minimum Gasteiger partial charge on any atom is -0.345 e. The van der Waals surface area contributed by atoms with E-state index in [0.717, 1.165) is 33.9 Å². The van der Waals surface area contributed by atoms with Crippen LogP contribution in [0.1, 0.15) is 16.2 Å². The van der Waals surface area contributed by atoms with Crippen LogP contribution >= 0.6 is 27.3 Å². The Morgan fingerprint density at radius 2 is 1.96 bits per heavy atom. The van der Waals surface area contributed by atoms with Gasteiger partial charge in [-0.05, 0) is 31.2 Å². The van der Waals surface area contributed by atoms with E-state index in [4.69, 9.17) is 4.98 Å². The summed E-state index contributed by atoms with van der Waals surface area (Å²) in [4.78, 5) is 21.5. The Balaban J connectivity index is 1.46. The maximum absolute atomic E-state index is 12.6. The predicted molar refractivity (Wildman–Crippen MR) is 103 cm³/mol. The van der Waals surface area contributed by atoms with Crippen molar-refractivity contribution in [1.82, 2.24) is 19.7 Å². The number of hydrogen-bond acceptors (Lipinski definition) is 5. The van der Waals surface area contributed by atoms with Crippen molar-refractivity contribution >= 4 is 48.5 Å². The summed E-state index contributed by atoms with van der Waals surface area (Å²) in [6.45, 7) is 4.91. The fraction of sp³-hybridized carbons (Fsp3) is 0.353. The molecule has 0 saturated carbocycles. The molecule has 25 heavy (non-hydrogen) atoms. The molecule has 0 radical (unpaired) electrons. The van der Waals surface area contributed by atoms with Gasteiger partial charge < -0.3 is 9.80 Å². The summed E-state index contributed by atoms with van der Waals surface area (Å²) in [5.41, 5.74) is 2.53. The highest BCUT2D eigenvalue weighted by atomic mass is 79.9. The third-order valence-corrected chi connectivity index (χ3v) is 6.08. The van der Waals surface area contributed by atoms with Crippen molar-refractivity contribution < 1.29 is 4.79 Å². The van der Waals surface area contributed by atoms with Crippen LogP contribution in [0.4, 0.5) is 5.13 Å². The smallest absolute Gasteiger partial charge is 0.274 e. The highest BCUT2D eigenvalue weighted by molar-refractivity contribution is 9.10. The average Bonchev–Trinajstić information content (AvgIpc) is 3.17. The normalized spacial score (nSPS) is 15.2. The van der Waals surface area contributed by atoms with Crippen molar-refractivity contribution in [2.24, 2.45) is 7.05 Å². The molecule has 4 rings (SSSR count). The van der Waals surface area contributed by atoms with Crippen LogP contribution < -0.4 is 4.90 Å². The number of thiazole rings is 1. The lowest BCUT2D eigenvalue weighted by atomic mass is 10.2. The average molecular weight is 420 g/mol. The third-order valence-electron chi connectivity index (χ3n) is 4.51. The fourth-order valence-corrected chi connectivity index (χ4v) is 4.52. The number of aryl methyl sites for hydroxylation is 2. The fourth-order valence-electron chi connectivity index (χ4n) is 2.95. The Morgan fingerprint density at radius 1 is 1.20 bits per heavy atom. The standard InChI is InChI=1S/C17H18BrN5OS/c1-11-9-14(20-21(11)2)16(24)22-5-7-23(8-6-22)17-19-13-4-3-12(18)10-15(13)25-17/h3-4,9-10H,5-8H2,1-2H3. The molecule has 0 aliphatic carbocycles. The molecule has 1 fully saturated rings. The van der Waals surface area contributed by atoms with Crippen molar-refractivity contribution in [1.29, 1.82) is 0 Å². The Hall–Kier alpha value is -1.93. The number of amides is 1. The maximum atomic E-state index is 12.6. The summed E-state index contributed by atoms with van der Waals surface area (Å²) in [6.07, 6.45) is 0. The Morgan fingerprint density at radius 3 is 2.64 bits per heavy atom. The van der Waals surface area contributed by atoms with E-state index >= 15 is 0 Å². The first-order chi connectivity index (χ1) is 12.0. The predicted octanol–water partition coefficient (Wildman–Crippen LogP) is 3.06. The first-order valence-corrected chi connectivity index (χ1v) is 9.73. The van der Waals surface area contributed by atoms with E-state index < -0.39 is 0 Å². The van der Waals surface area contributed by atoms with Gasteiger partial charge in [-0.25, -0.2) is 4.98 Å². The molecule has 0 spiro atoms. The number of piperazine rings is 1. The Labute approximate surface area is 158 Å². The number of carbonyl (C=O) groups is 1. The second-order valence-electron chi connectivity index (χ2n) is 6.18. The molecule has 2 aromatic heterocycles. The Bertz CT molecular complexity index is 922. The minimum atomic E-state index is 0.0107. The van der Waals surface area contributed by atoms with Crippen LogP contribution in [0.5, 0.6) is 0 Å². The monoisotopic (exact) mass is 419 g/mol. The lowest BCUT2D eigenvalue weighted by molar-refractivity contribution is 0.0740. The van der Waals surface area contributed by atoms with Gasteiger partial charge in [-0.15, -0.1) is 0 Å². The van der Waals surface area contributed by atoms with Crippen LogP contribution in [0.2, 0.25) is 0 Å². The van der Waals surface area contributed by atoms with Crippen LogP contribution in [0.25, 0.3) is 10.2 Å². The van der Waals surface area contributed by atoms with Crippen LogP contribution in [0.15, 0.2) is 28.7 Å². The molecule has 6 nitrogen and oxygen atoms in total.